The summed E-state index contributed by atoms with van der Waals surface area (Å²) in [6.45, 7) is 0. The van der Waals surface area contributed by atoms with E-state index in [0.29, 0.717) is 11.3 Å². The smallest absolute Gasteiger partial charge is 0.339 e. The molecule has 0 aliphatic heterocycles. The van der Waals surface area contributed by atoms with Gasteiger partial charge in [-0.15, -0.1) is 0 Å². The maximum atomic E-state index is 11.3. The predicted octanol–water partition coefficient (Wildman–Crippen LogP) is 2.46. The van der Waals surface area contributed by atoms with Gasteiger partial charge in [-0.1, -0.05) is 40.2 Å². The number of ether oxygens (including phenoxy) is 1. The Kier molecular flexibility index (Phi) is 4.37. The monoisotopic (exact) mass is 269 g/mol. The van der Waals surface area contributed by atoms with E-state index in [4.69, 9.17) is 5.73 Å². The Labute approximate surface area is 97.0 Å². The molecule has 0 saturated heterocycles. The number of para-hydroxylation sites is 1. The van der Waals surface area contributed by atoms with Gasteiger partial charge >= 0.3 is 5.97 Å². The summed E-state index contributed by atoms with van der Waals surface area (Å²) in [6.07, 6.45) is 3.77. The van der Waals surface area contributed by atoms with Gasteiger partial charge in [0.15, 0.2) is 0 Å². The van der Waals surface area contributed by atoms with E-state index in [1.54, 1.807) is 12.1 Å². The molecule has 1 rings (SSSR count). The highest BCUT2D eigenvalue weighted by Gasteiger charge is 2.10. The summed E-state index contributed by atoms with van der Waals surface area (Å²) in [5, 5.41) is 0.745. The third-order valence-corrected chi connectivity index (χ3v) is 2.31. The molecule has 0 unspecified atom stereocenters. The first kappa shape index (κ1) is 11.8. The molecule has 0 fully saturated rings. The number of rotatable bonds is 3. The number of benzene rings is 1. The van der Waals surface area contributed by atoms with Gasteiger partial charge in [-0.25, -0.2) is 4.79 Å². The molecule has 0 saturated carbocycles. The average molecular weight is 270 g/mol. The molecule has 80 valence electrons. The third-order valence-electron chi connectivity index (χ3n) is 1.93. The van der Waals surface area contributed by atoms with Gasteiger partial charge in [0.2, 0.25) is 0 Å². The normalized spacial score (nSPS) is 10.5. The van der Waals surface area contributed by atoms with Crippen molar-refractivity contribution in [3.8, 4) is 0 Å². The van der Waals surface area contributed by atoms with Gasteiger partial charge in [0.05, 0.1) is 18.4 Å². The molecule has 0 aromatic heterocycles. The summed E-state index contributed by atoms with van der Waals surface area (Å²) in [5.41, 5.74) is 7.49. The highest BCUT2D eigenvalue weighted by atomic mass is 79.9. The Balaban J connectivity index is 3.11. The minimum atomic E-state index is -0.415. The molecule has 0 heterocycles. The quantitative estimate of drug-likeness (QED) is 0.521. The van der Waals surface area contributed by atoms with Crippen LogP contribution in [-0.4, -0.2) is 18.4 Å². The summed E-state index contributed by atoms with van der Waals surface area (Å²) < 4.78 is 4.62. The number of esters is 1. The molecule has 3 nitrogen and oxygen atoms in total. The second kappa shape index (κ2) is 5.56. The Morgan fingerprint density at radius 2 is 2.33 bits per heavy atom. The number of alkyl halides is 1. The van der Waals surface area contributed by atoms with Crippen molar-refractivity contribution >= 4 is 33.7 Å². The van der Waals surface area contributed by atoms with Crippen LogP contribution in [0.15, 0.2) is 24.3 Å². The van der Waals surface area contributed by atoms with Gasteiger partial charge in [-0.05, 0) is 11.6 Å². The third kappa shape index (κ3) is 2.83. The minimum absolute atomic E-state index is 0.397. The van der Waals surface area contributed by atoms with E-state index in [1.807, 2.05) is 18.2 Å². The molecule has 0 amide bonds. The van der Waals surface area contributed by atoms with Crippen molar-refractivity contribution in [2.75, 3.05) is 18.2 Å². The molecular formula is C11H12BrNO2. The number of carbonyl (C=O) groups excluding carboxylic acids is 1. The highest BCUT2D eigenvalue weighted by molar-refractivity contribution is 9.09. The second-order valence-electron chi connectivity index (χ2n) is 2.86. The number of nitrogens with two attached hydrogens (primary N) is 1. The number of hydrogen-bond acceptors (Lipinski definition) is 3. The van der Waals surface area contributed by atoms with E-state index < -0.39 is 5.97 Å². The lowest BCUT2D eigenvalue weighted by Gasteiger charge is -2.06. The zero-order chi connectivity index (χ0) is 11.3. The van der Waals surface area contributed by atoms with Crippen LogP contribution in [0.5, 0.6) is 0 Å². The van der Waals surface area contributed by atoms with Crippen LogP contribution in [0.3, 0.4) is 0 Å². The van der Waals surface area contributed by atoms with Gasteiger partial charge in [-0.3, -0.25) is 0 Å². The van der Waals surface area contributed by atoms with Crippen molar-refractivity contribution in [3.05, 3.63) is 35.4 Å². The summed E-state index contributed by atoms with van der Waals surface area (Å²) in [6, 6.07) is 5.27. The second-order valence-corrected chi connectivity index (χ2v) is 3.50. The highest BCUT2D eigenvalue weighted by Crippen LogP contribution is 2.19. The summed E-state index contributed by atoms with van der Waals surface area (Å²) in [7, 11) is 1.34. The maximum absolute atomic E-state index is 11.3. The van der Waals surface area contributed by atoms with E-state index >= 15 is 0 Å². The van der Waals surface area contributed by atoms with E-state index in [1.165, 1.54) is 7.11 Å². The van der Waals surface area contributed by atoms with Crippen LogP contribution in [0.25, 0.3) is 6.08 Å². The van der Waals surface area contributed by atoms with E-state index in [-0.39, 0.29) is 0 Å². The first-order valence-electron chi connectivity index (χ1n) is 4.40. The molecule has 1 aromatic rings. The lowest BCUT2D eigenvalue weighted by Crippen LogP contribution is -2.06. The molecule has 2 N–H and O–H groups in total. The van der Waals surface area contributed by atoms with Crippen molar-refractivity contribution in [1.82, 2.24) is 0 Å². The van der Waals surface area contributed by atoms with E-state index in [2.05, 4.69) is 20.7 Å². The predicted molar refractivity (Wildman–Crippen MR) is 65.0 cm³/mol. The summed E-state index contributed by atoms with van der Waals surface area (Å²) >= 11 is 3.27. The first-order valence-corrected chi connectivity index (χ1v) is 5.52. The summed E-state index contributed by atoms with van der Waals surface area (Å²) in [4.78, 5) is 11.3. The van der Waals surface area contributed by atoms with Crippen LogP contribution < -0.4 is 5.73 Å². The Bertz CT molecular complexity index is 388. The van der Waals surface area contributed by atoms with Gasteiger partial charge < -0.3 is 10.5 Å². The Hall–Kier alpha value is -1.29. The number of allylic oxidation sites excluding steroid dienone is 1. The number of anilines is 1. The lowest BCUT2D eigenvalue weighted by molar-refractivity contribution is 0.0602. The van der Waals surface area contributed by atoms with Crippen molar-refractivity contribution < 1.29 is 9.53 Å². The van der Waals surface area contributed by atoms with Gasteiger partial charge in [0.25, 0.3) is 0 Å². The van der Waals surface area contributed by atoms with Gasteiger partial charge in [-0.2, -0.15) is 0 Å². The largest absolute Gasteiger partial charge is 0.465 e. The standard InChI is InChI=1S/C11H12BrNO2/c1-15-11(14)9-6-2-4-8(10(9)13)5-3-7-12/h2-6H,7,13H2,1H3. The van der Waals surface area contributed by atoms with Crippen molar-refractivity contribution in [2.24, 2.45) is 0 Å². The van der Waals surface area contributed by atoms with Crippen LogP contribution >= 0.6 is 15.9 Å². The molecule has 0 spiro atoms. The molecule has 0 aliphatic rings. The molecule has 0 bridgehead atoms. The lowest BCUT2D eigenvalue weighted by atomic mass is 10.1. The van der Waals surface area contributed by atoms with E-state index in [9.17, 15) is 4.79 Å². The molecule has 0 radical (unpaired) electrons. The van der Waals surface area contributed by atoms with Crippen LogP contribution in [-0.2, 0) is 4.74 Å². The molecule has 0 atom stereocenters. The maximum Gasteiger partial charge on any atom is 0.339 e. The molecule has 0 aliphatic carbocycles. The Morgan fingerprint density at radius 1 is 1.60 bits per heavy atom. The summed E-state index contributed by atoms with van der Waals surface area (Å²) in [5.74, 6) is -0.415. The molecule has 4 heteroatoms. The van der Waals surface area contributed by atoms with Crippen LogP contribution in [0, 0.1) is 0 Å². The van der Waals surface area contributed by atoms with Gasteiger partial charge in [0.1, 0.15) is 0 Å². The molecule has 15 heavy (non-hydrogen) atoms. The number of carbonyl (C=O) groups is 1. The zero-order valence-electron chi connectivity index (χ0n) is 8.37. The number of halogens is 1. The molecular weight excluding hydrogens is 258 g/mol. The number of hydrogen-bond donors (Lipinski definition) is 1. The first-order chi connectivity index (χ1) is 7.20. The van der Waals surface area contributed by atoms with Crippen LogP contribution in [0.4, 0.5) is 5.69 Å². The topological polar surface area (TPSA) is 52.3 Å². The van der Waals surface area contributed by atoms with Crippen molar-refractivity contribution in [1.29, 1.82) is 0 Å². The fourth-order valence-corrected chi connectivity index (χ4v) is 1.37. The van der Waals surface area contributed by atoms with Crippen molar-refractivity contribution in [2.45, 2.75) is 0 Å². The zero-order valence-corrected chi connectivity index (χ0v) is 9.95. The SMILES string of the molecule is COC(=O)c1cccc(C=CCBr)c1N. The number of nitrogen functional groups attached to an aromatic ring is 1. The fourth-order valence-electron chi connectivity index (χ4n) is 1.19. The Morgan fingerprint density at radius 3 is 2.93 bits per heavy atom. The number of methoxy groups -OCH3 is 1. The fraction of sp³-hybridized carbons (Fsp3) is 0.182. The van der Waals surface area contributed by atoms with E-state index in [0.717, 1.165) is 10.9 Å². The van der Waals surface area contributed by atoms with Gasteiger partial charge in [0, 0.05) is 5.33 Å². The molecule has 1 aromatic carbocycles. The van der Waals surface area contributed by atoms with Crippen LogP contribution in [0.1, 0.15) is 15.9 Å². The van der Waals surface area contributed by atoms with Crippen LogP contribution in [0.2, 0.25) is 0 Å². The minimum Gasteiger partial charge on any atom is -0.465 e. The van der Waals surface area contributed by atoms with Crippen molar-refractivity contribution in [3.63, 3.8) is 0 Å². The average Bonchev–Trinajstić information content (AvgIpc) is 2.27.